The van der Waals surface area contributed by atoms with Crippen LogP contribution in [-0.4, -0.2) is 12.9 Å². The van der Waals surface area contributed by atoms with E-state index in [2.05, 4.69) is 0 Å². The fourth-order valence-corrected chi connectivity index (χ4v) is 2.65. The zero-order valence-corrected chi connectivity index (χ0v) is 11.0. The molecule has 0 unspecified atom stereocenters. The third kappa shape index (κ3) is 2.36. The van der Waals surface area contributed by atoms with Crippen LogP contribution >= 0.6 is 0 Å². The van der Waals surface area contributed by atoms with E-state index in [1.165, 1.54) is 0 Å². The quantitative estimate of drug-likeness (QED) is 0.458. The van der Waals surface area contributed by atoms with E-state index in [1.54, 1.807) is 0 Å². The molecule has 2 aliphatic carbocycles. The fraction of sp³-hybridized carbons (Fsp3) is 1.00. The summed E-state index contributed by atoms with van der Waals surface area (Å²) in [4.78, 5) is 0. The second-order valence-corrected chi connectivity index (χ2v) is 4.50. The van der Waals surface area contributed by atoms with E-state index in [0.29, 0.717) is 0 Å². The summed E-state index contributed by atoms with van der Waals surface area (Å²) in [5.41, 5.74) is -0.647. The van der Waals surface area contributed by atoms with Gasteiger partial charge in [0.2, 0.25) is 5.92 Å². The van der Waals surface area contributed by atoms with Crippen LogP contribution in [0.4, 0.5) is 21.7 Å². The number of halogens is 5. The maximum Gasteiger partial charge on any atom is 1.00 e. The van der Waals surface area contributed by atoms with Crippen LogP contribution in [0.2, 0.25) is 5.82 Å². The number of hydrogen-bond acceptors (Lipinski definition) is 0. The molecule has 0 atom stereocenters. The third-order valence-corrected chi connectivity index (χ3v) is 3.19. The zero-order valence-electron chi connectivity index (χ0n) is 7.87. The van der Waals surface area contributed by atoms with Crippen molar-refractivity contribution in [1.82, 2.24) is 0 Å². The maximum absolute atomic E-state index is 12.4. The molecule has 14 heavy (non-hydrogen) atoms. The fourth-order valence-electron chi connectivity index (χ4n) is 2.65. The van der Waals surface area contributed by atoms with Crippen molar-refractivity contribution in [2.45, 2.75) is 37.4 Å². The van der Waals surface area contributed by atoms with Crippen molar-refractivity contribution >= 4 is 6.98 Å². The minimum absolute atomic E-state index is 0. The van der Waals surface area contributed by atoms with Crippen LogP contribution in [0.3, 0.4) is 0 Å². The monoisotopic (exact) mass is 238 g/mol. The van der Waals surface area contributed by atoms with Crippen molar-refractivity contribution in [3.8, 4) is 0 Å². The van der Waals surface area contributed by atoms with Gasteiger partial charge >= 0.3 is 58.4 Å². The molecule has 2 saturated carbocycles. The molecule has 2 rings (SSSR count). The van der Waals surface area contributed by atoms with E-state index in [0.717, 1.165) is 0 Å². The van der Waals surface area contributed by atoms with Crippen molar-refractivity contribution < 1.29 is 73.1 Å². The largest absolute Gasteiger partial charge is 1.00 e. The second-order valence-electron chi connectivity index (χ2n) is 4.50. The Labute approximate surface area is 121 Å². The van der Waals surface area contributed by atoms with E-state index >= 15 is 0 Å². The molecule has 2 fully saturated rings. The Balaban J connectivity index is 0.000000980. The van der Waals surface area contributed by atoms with Gasteiger partial charge in [-0.05, 0) is 5.41 Å². The summed E-state index contributed by atoms with van der Waals surface area (Å²) in [6, 6.07) is 0. The molecule has 0 amide bonds. The van der Waals surface area contributed by atoms with Crippen molar-refractivity contribution in [2.24, 2.45) is 5.41 Å². The van der Waals surface area contributed by atoms with Crippen LogP contribution in [-0.2, 0) is 0 Å². The Morgan fingerprint density at radius 3 is 1.71 bits per heavy atom. The Morgan fingerprint density at radius 1 is 1.00 bits per heavy atom. The average molecular weight is 238 g/mol. The van der Waals surface area contributed by atoms with Crippen molar-refractivity contribution in [1.29, 1.82) is 0 Å². The minimum Gasteiger partial charge on any atom is -0.449 e. The molecule has 0 aromatic heterocycles. The maximum atomic E-state index is 12.4. The van der Waals surface area contributed by atoms with Gasteiger partial charge in [0.05, 0.1) is 0 Å². The van der Waals surface area contributed by atoms with Crippen LogP contribution in [0.1, 0.15) is 25.7 Å². The van der Waals surface area contributed by atoms with Gasteiger partial charge in [-0.3, -0.25) is 0 Å². The third-order valence-electron chi connectivity index (χ3n) is 3.19. The predicted molar refractivity (Wildman–Crippen MR) is 38.7 cm³/mol. The van der Waals surface area contributed by atoms with Crippen LogP contribution in [0.25, 0.3) is 0 Å². The van der Waals surface area contributed by atoms with Gasteiger partial charge in [-0.25, -0.2) is 8.78 Å². The van der Waals surface area contributed by atoms with Gasteiger partial charge in [-0.1, -0.05) is 18.7 Å². The predicted octanol–water partition coefficient (Wildman–Crippen LogP) is 0.417. The summed E-state index contributed by atoms with van der Waals surface area (Å²) < 4.78 is 61.0. The van der Waals surface area contributed by atoms with Gasteiger partial charge in [0, 0.05) is 12.8 Å². The Kier molecular flexibility index (Phi) is 3.53. The SMILES string of the molecule is F[B-](F)(F)C1CC2(C1)CC(F)(F)C2.[K+]. The molecular formula is C7H9BF5K. The van der Waals surface area contributed by atoms with E-state index in [9.17, 15) is 21.7 Å². The molecule has 0 nitrogen and oxygen atoms in total. The van der Waals surface area contributed by atoms with Crippen LogP contribution in [0.5, 0.6) is 0 Å². The van der Waals surface area contributed by atoms with E-state index < -0.39 is 24.1 Å². The van der Waals surface area contributed by atoms with Gasteiger partial charge in [0.25, 0.3) is 0 Å². The molecule has 0 aromatic rings. The normalized spacial score (nSPS) is 28.9. The van der Waals surface area contributed by atoms with Gasteiger partial charge < -0.3 is 12.9 Å². The first kappa shape index (κ1) is 13.4. The molecule has 0 heterocycles. The van der Waals surface area contributed by atoms with E-state index in [-0.39, 0.29) is 77.1 Å². The molecule has 1 spiro atoms. The second kappa shape index (κ2) is 3.68. The van der Waals surface area contributed by atoms with Gasteiger partial charge in [0.1, 0.15) is 0 Å². The van der Waals surface area contributed by atoms with Gasteiger partial charge in [-0.2, -0.15) is 0 Å². The van der Waals surface area contributed by atoms with Crippen LogP contribution in [0, 0.1) is 5.41 Å². The van der Waals surface area contributed by atoms with Gasteiger partial charge in [0.15, 0.2) is 0 Å². The van der Waals surface area contributed by atoms with Crippen LogP contribution in [0.15, 0.2) is 0 Å². The standard InChI is InChI=1S/C7H9BF5.K/c9-7(10)3-6(4-7)1-5(2-6)8(11,12)13;/h5H,1-4H2;/q-1;+1. The van der Waals surface area contributed by atoms with Crippen LogP contribution < -0.4 is 51.4 Å². The molecule has 0 radical (unpaired) electrons. The van der Waals surface area contributed by atoms with Crippen molar-refractivity contribution in [3.63, 3.8) is 0 Å². The summed E-state index contributed by atoms with van der Waals surface area (Å²) in [6.07, 6.45) is -0.788. The molecule has 0 bridgehead atoms. The topological polar surface area (TPSA) is 0 Å². The molecular weight excluding hydrogens is 229 g/mol. The van der Waals surface area contributed by atoms with Gasteiger partial charge in [-0.15, -0.1) is 0 Å². The molecule has 0 aliphatic heterocycles. The van der Waals surface area contributed by atoms with E-state index in [4.69, 9.17) is 0 Å². The summed E-state index contributed by atoms with van der Waals surface area (Å²) >= 11 is 0. The number of hydrogen-bond donors (Lipinski definition) is 0. The first-order valence-electron chi connectivity index (χ1n) is 4.30. The zero-order chi connectivity index (χ0) is 9.91. The minimum atomic E-state index is -4.79. The summed E-state index contributed by atoms with van der Waals surface area (Å²) in [5.74, 6) is -3.96. The molecule has 2 aliphatic rings. The molecule has 0 N–H and O–H groups in total. The van der Waals surface area contributed by atoms with Crippen molar-refractivity contribution in [2.75, 3.05) is 0 Å². The smallest absolute Gasteiger partial charge is 0.449 e. The Morgan fingerprint density at radius 2 is 1.43 bits per heavy atom. The van der Waals surface area contributed by atoms with Crippen molar-refractivity contribution in [3.05, 3.63) is 0 Å². The molecule has 76 valence electrons. The molecule has 0 saturated heterocycles. The summed E-state index contributed by atoms with van der Waals surface area (Å²) in [5, 5.41) is 0. The molecule has 0 aromatic carbocycles. The first-order valence-corrected chi connectivity index (χ1v) is 4.30. The van der Waals surface area contributed by atoms with E-state index in [1.807, 2.05) is 0 Å². The summed E-state index contributed by atoms with van der Waals surface area (Å²) in [7, 11) is 0. The summed E-state index contributed by atoms with van der Waals surface area (Å²) in [6.45, 7) is -4.79. The number of alkyl halides is 2. The number of rotatable bonds is 1. The Bertz CT molecular complexity index is 223. The Hall–Kier alpha value is 1.35. The average Bonchev–Trinajstić information content (AvgIpc) is 1.72. The first-order chi connectivity index (χ1) is 5.73. The molecule has 7 heteroatoms.